The summed E-state index contributed by atoms with van der Waals surface area (Å²) in [5, 5.41) is 2.64. The second-order valence-corrected chi connectivity index (χ2v) is 3.99. The third-order valence-corrected chi connectivity index (χ3v) is 2.55. The molecule has 2 amide bonds. The monoisotopic (exact) mass is 228 g/mol. The second kappa shape index (κ2) is 4.51. The van der Waals surface area contributed by atoms with Crippen LogP contribution >= 0.6 is 0 Å². The van der Waals surface area contributed by atoms with Crippen LogP contribution in [0.4, 0.5) is 0 Å². The Kier molecular flexibility index (Phi) is 3.51. The first kappa shape index (κ1) is 12.5. The number of rotatable bonds is 1. The first-order chi connectivity index (χ1) is 7.41. The summed E-state index contributed by atoms with van der Waals surface area (Å²) in [6, 6.07) is 0. The molecule has 0 saturated carbocycles. The zero-order chi connectivity index (χ0) is 12.3. The van der Waals surface area contributed by atoms with E-state index in [4.69, 9.17) is 0 Å². The van der Waals surface area contributed by atoms with Crippen molar-refractivity contribution in [3.63, 3.8) is 0 Å². The molecular formula is C10H16N2O4. The minimum Gasteiger partial charge on any atom is -0.459 e. The lowest BCUT2D eigenvalue weighted by Gasteiger charge is -2.40. The summed E-state index contributed by atoms with van der Waals surface area (Å²) >= 11 is 0. The van der Waals surface area contributed by atoms with Crippen molar-refractivity contribution in [1.29, 1.82) is 0 Å². The number of carbonyl (C=O) groups is 3. The van der Waals surface area contributed by atoms with Crippen LogP contribution in [0.3, 0.4) is 0 Å². The molecule has 1 saturated heterocycles. The molecule has 1 aliphatic heterocycles. The van der Waals surface area contributed by atoms with Crippen LogP contribution in [0, 0.1) is 0 Å². The third-order valence-electron chi connectivity index (χ3n) is 2.55. The van der Waals surface area contributed by atoms with Crippen molar-refractivity contribution in [2.45, 2.75) is 26.3 Å². The van der Waals surface area contributed by atoms with Gasteiger partial charge in [0.1, 0.15) is 5.54 Å². The van der Waals surface area contributed by atoms with Crippen molar-refractivity contribution in [2.75, 3.05) is 19.7 Å². The van der Waals surface area contributed by atoms with Crippen LogP contribution in [-0.4, -0.2) is 47.9 Å². The Labute approximate surface area is 93.9 Å². The van der Waals surface area contributed by atoms with Crippen molar-refractivity contribution < 1.29 is 19.1 Å². The van der Waals surface area contributed by atoms with E-state index in [1.54, 1.807) is 20.8 Å². The first-order valence-corrected chi connectivity index (χ1v) is 5.18. The molecule has 0 unspecified atom stereocenters. The Morgan fingerprint density at radius 2 is 2.12 bits per heavy atom. The smallest absolute Gasteiger partial charge is 0.397 e. The maximum Gasteiger partial charge on any atom is 0.397 e. The molecule has 90 valence electrons. The lowest BCUT2D eigenvalue weighted by atomic mass is 9.99. The van der Waals surface area contributed by atoms with Gasteiger partial charge < -0.3 is 15.0 Å². The summed E-state index contributed by atoms with van der Waals surface area (Å²) in [5.41, 5.74) is -1.01. The maximum absolute atomic E-state index is 11.7. The minimum absolute atomic E-state index is 0.144. The number of carbonyl (C=O) groups excluding carboxylic acids is 3. The lowest BCUT2D eigenvalue weighted by Crippen LogP contribution is -2.64. The third kappa shape index (κ3) is 2.15. The van der Waals surface area contributed by atoms with Crippen LogP contribution in [0.5, 0.6) is 0 Å². The molecule has 1 heterocycles. The van der Waals surface area contributed by atoms with Gasteiger partial charge in [0.05, 0.1) is 6.61 Å². The van der Waals surface area contributed by atoms with E-state index in [1.165, 1.54) is 4.90 Å². The summed E-state index contributed by atoms with van der Waals surface area (Å²) < 4.78 is 4.62. The van der Waals surface area contributed by atoms with E-state index in [0.29, 0.717) is 13.1 Å². The SMILES string of the molecule is CCOC(=O)C(=O)N1CCNC(=O)C1(C)C. The molecule has 16 heavy (non-hydrogen) atoms. The molecule has 0 bridgehead atoms. The molecule has 0 aromatic rings. The van der Waals surface area contributed by atoms with Crippen molar-refractivity contribution >= 4 is 17.8 Å². The molecule has 1 aliphatic rings. The average molecular weight is 228 g/mol. The minimum atomic E-state index is -1.01. The molecule has 0 aromatic carbocycles. The van der Waals surface area contributed by atoms with Crippen LogP contribution < -0.4 is 5.32 Å². The van der Waals surface area contributed by atoms with Gasteiger partial charge >= 0.3 is 11.9 Å². The van der Waals surface area contributed by atoms with Crippen LogP contribution in [0.25, 0.3) is 0 Å². The predicted octanol–water partition coefficient (Wildman–Crippen LogP) is -0.713. The average Bonchev–Trinajstić information content (AvgIpc) is 2.21. The van der Waals surface area contributed by atoms with E-state index in [2.05, 4.69) is 10.1 Å². The van der Waals surface area contributed by atoms with Crippen LogP contribution in [-0.2, 0) is 19.1 Å². The van der Waals surface area contributed by atoms with E-state index < -0.39 is 17.4 Å². The van der Waals surface area contributed by atoms with Gasteiger partial charge in [-0.05, 0) is 20.8 Å². The van der Waals surface area contributed by atoms with Crippen molar-refractivity contribution in [3.8, 4) is 0 Å². The zero-order valence-electron chi connectivity index (χ0n) is 9.70. The summed E-state index contributed by atoms with van der Waals surface area (Å²) in [6.45, 7) is 5.63. The molecule has 0 atom stereocenters. The van der Waals surface area contributed by atoms with Gasteiger partial charge in [0.2, 0.25) is 5.91 Å². The van der Waals surface area contributed by atoms with E-state index in [0.717, 1.165) is 0 Å². The van der Waals surface area contributed by atoms with Crippen LogP contribution in [0.2, 0.25) is 0 Å². The van der Waals surface area contributed by atoms with Crippen molar-refractivity contribution in [2.24, 2.45) is 0 Å². The van der Waals surface area contributed by atoms with Crippen LogP contribution in [0.15, 0.2) is 0 Å². The highest BCUT2D eigenvalue weighted by Crippen LogP contribution is 2.17. The van der Waals surface area contributed by atoms with Gasteiger partial charge in [-0.1, -0.05) is 0 Å². The number of piperazine rings is 1. The normalized spacial score (nSPS) is 18.9. The Balaban J connectivity index is 2.82. The highest BCUT2D eigenvalue weighted by molar-refractivity contribution is 6.33. The first-order valence-electron chi connectivity index (χ1n) is 5.18. The van der Waals surface area contributed by atoms with Gasteiger partial charge in [-0.2, -0.15) is 0 Å². The molecule has 1 rings (SSSR count). The number of amides is 2. The number of esters is 1. The molecule has 0 aliphatic carbocycles. The largest absolute Gasteiger partial charge is 0.459 e. The number of hydrogen-bond donors (Lipinski definition) is 1. The summed E-state index contributed by atoms with van der Waals surface area (Å²) in [7, 11) is 0. The molecular weight excluding hydrogens is 212 g/mol. The van der Waals surface area contributed by atoms with E-state index in [1.807, 2.05) is 0 Å². The summed E-state index contributed by atoms with van der Waals surface area (Å²) in [5.74, 6) is -1.94. The quantitative estimate of drug-likeness (QED) is 0.475. The van der Waals surface area contributed by atoms with E-state index >= 15 is 0 Å². The number of ether oxygens (including phenoxy) is 1. The highest BCUT2D eigenvalue weighted by atomic mass is 16.5. The molecule has 6 nitrogen and oxygen atoms in total. The Hall–Kier alpha value is -1.59. The van der Waals surface area contributed by atoms with Gasteiger partial charge in [-0.15, -0.1) is 0 Å². The van der Waals surface area contributed by atoms with Gasteiger partial charge in [-0.25, -0.2) is 4.79 Å². The zero-order valence-corrected chi connectivity index (χ0v) is 9.70. The lowest BCUT2D eigenvalue weighted by molar-refractivity contribution is -0.165. The molecule has 0 spiro atoms. The molecule has 1 fully saturated rings. The Bertz CT molecular complexity index is 325. The van der Waals surface area contributed by atoms with Crippen LogP contribution in [0.1, 0.15) is 20.8 Å². The van der Waals surface area contributed by atoms with Crippen molar-refractivity contribution in [1.82, 2.24) is 10.2 Å². The Morgan fingerprint density at radius 3 is 2.69 bits per heavy atom. The molecule has 0 radical (unpaired) electrons. The van der Waals surface area contributed by atoms with Gasteiger partial charge in [-0.3, -0.25) is 9.59 Å². The highest BCUT2D eigenvalue weighted by Gasteiger charge is 2.42. The fraction of sp³-hybridized carbons (Fsp3) is 0.700. The summed E-state index contributed by atoms with van der Waals surface area (Å²) in [4.78, 5) is 35.8. The maximum atomic E-state index is 11.7. The number of hydrogen-bond acceptors (Lipinski definition) is 4. The summed E-state index contributed by atoms with van der Waals surface area (Å²) in [6.07, 6.45) is 0. The second-order valence-electron chi connectivity index (χ2n) is 3.99. The van der Waals surface area contributed by atoms with E-state index in [9.17, 15) is 14.4 Å². The molecule has 0 aromatic heterocycles. The predicted molar refractivity (Wildman–Crippen MR) is 55.4 cm³/mol. The van der Waals surface area contributed by atoms with Gasteiger partial charge in [0, 0.05) is 13.1 Å². The van der Waals surface area contributed by atoms with E-state index in [-0.39, 0.29) is 12.5 Å². The van der Waals surface area contributed by atoms with Crippen molar-refractivity contribution in [3.05, 3.63) is 0 Å². The molecule has 6 heteroatoms. The van der Waals surface area contributed by atoms with Gasteiger partial charge in [0.25, 0.3) is 0 Å². The Morgan fingerprint density at radius 1 is 1.50 bits per heavy atom. The topological polar surface area (TPSA) is 75.7 Å². The fourth-order valence-corrected chi connectivity index (χ4v) is 1.56. The standard InChI is InChI=1S/C10H16N2O4/c1-4-16-8(14)7(13)12-6-5-11-9(15)10(12,2)3/h4-6H2,1-3H3,(H,11,15). The molecule has 1 N–H and O–H groups in total. The number of nitrogens with zero attached hydrogens (tertiary/aromatic N) is 1. The fourth-order valence-electron chi connectivity index (χ4n) is 1.56. The van der Waals surface area contributed by atoms with Gasteiger partial charge in [0.15, 0.2) is 0 Å². The number of nitrogens with one attached hydrogen (secondary N) is 1.